The standard InChI is InChI=1S/C49H100O20/c1-3-4-5-6-7-8-9-10-11-12-13-14-15-16-17-18-19-60-31-41(21-51)62-33-43(23-53)64-35-45(25-55)66-37-47(27-57)68-39-49(29-59)69-38-48(28-58)67-36-46(26-56)65-34-44(24-54)63-32-42(22-52)61-30-40(2)20-50/h40-59H,3-39H2,1-2H3. The Hall–Kier alpha value is -0.800. The van der Waals surface area contributed by atoms with Crippen LogP contribution in [-0.2, 0) is 47.4 Å². The maximum Gasteiger partial charge on any atom is 0.104 e. The number of rotatable bonds is 56. The molecule has 0 saturated heterocycles. The number of unbranched alkanes of at least 4 members (excludes halogenated alkanes) is 15. The summed E-state index contributed by atoms with van der Waals surface area (Å²) in [7, 11) is 0. The lowest BCUT2D eigenvalue weighted by Gasteiger charge is -2.26. The highest BCUT2D eigenvalue weighted by atomic mass is 16.6. The van der Waals surface area contributed by atoms with Crippen LogP contribution < -0.4 is 0 Å². The van der Waals surface area contributed by atoms with Gasteiger partial charge in [0.15, 0.2) is 0 Å². The summed E-state index contributed by atoms with van der Waals surface area (Å²) in [5, 5.41) is 97.3. The summed E-state index contributed by atoms with van der Waals surface area (Å²) >= 11 is 0. The third-order valence-corrected chi connectivity index (χ3v) is 11.3. The van der Waals surface area contributed by atoms with Crippen molar-refractivity contribution in [2.45, 2.75) is 172 Å². The van der Waals surface area contributed by atoms with Crippen molar-refractivity contribution in [3.8, 4) is 0 Å². The number of aliphatic hydroxyl groups is 10. The Morgan fingerprint density at radius 1 is 0.246 bits per heavy atom. The Bertz CT molecular complexity index is 1030. The predicted molar refractivity (Wildman–Crippen MR) is 258 cm³/mol. The van der Waals surface area contributed by atoms with E-state index in [0.717, 1.165) is 12.8 Å². The number of hydrogen-bond donors (Lipinski definition) is 10. The van der Waals surface area contributed by atoms with Crippen molar-refractivity contribution in [3.63, 3.8) is 0 Å². The average molecular weight is 1010 g/mol. The van der Waals surface area contributed by atoms with Crippen LogP contribution in [0.25, 0.3) is 0 Å². The van der Waals surface area contributed by atoms with Crippen molar-refractivity contribution < 1.29 is 98.4 Å². The fourth-order valence-corrected chi connectivity index (χ4v) is 6.65. The van der Waals surface area contributed by atoms with Crippen LogP contribution >= 0.6 is 0 Å². The molecule has 0 radical (unpaired) electrons. The van der Waals surface area contributed by atoms with Gasteiger partial charge in [-0.15, -0.1) is 0 Å². The van der Waals surface area contributed by atoms with Crippen LogP contribution in [0, 0.1) is 5.92 Å². The Labute approximate surface area is 413 Å². The van der Waals surface area contributed by atoms with E-state index in [1.807, 2.05) is 0 Å². The number of hydrogen-bond acceptors (Lipinski definition) is 20. The van der Waals surface area contributed by atoms with E-state index in [4.69, 9.17) is 52.5 Å². The number of aliphatic hydroxyl groups excluding tert-OH is 10. The summed E-state index contributed by atoms with van der Waals surface area (Å²) in [4.78, 5) is 0. The van der Waals surface area contributed by atoms with Gasteiger partial charge in [0, 0.05) is 19.1 Å². The fraction of sp³-hybridized carbons (Fsp3) is 1.00. The van der Waals surface area contributed by atoms with Crippen LogP contribution in [0.1, 0.15) is 117 Å². The summed E-state index contributed by atoms with van der Waals surface area (Å²) in [5.74, 6) is -0.122. The molecule has 0 heterocycles. The molecule has 0 fully saturated rings. The monoisotopic (exact) mass is 1010 g/mol. The van der Waals surface area contributed by atoms with Crippen molar-refractivity contribution in [2.24, 2.45) is 5.92 Å². The predicted octanol–water partition coefficient (Wildman–Crippen LogP) is 1.29. The summed E-state index contributed by atoms with van der Waals surface area (Å²) < 4.78 is 56.6. The Morgan fingerprint density at radius 3 is 0.667 bits per heavy atom. The van der Waals surface area contributed by atoms with Crippen LogP contribution in [0.3, 0.4) is 0 Å². The lowest BCUT2D eigenvalue weighted by atomic mass is 10.0. The van der Waals surface area contributed by atoms with Gasteiger partial charge in [0.05, 0.1) is 126 Å². The molecule has 0 aliphatic heterocycles. The second kappa shape index (κ2) is 50.7. The first-order valence-electron chi connectivity index (χ1n) is 25.9. The van der Waals surface area contributed by atoms with E-state index < -0.39 is 94.6 Å². The first-order valence-corrected chi connectivity index (χ1v) is 25.9. The number of ether oxygens (including phenoxy) is 10. The zero-order chi connectivity index (χ0) is 51.0. The van der Waals surface area contributed by atoms with Gasteiger partial charge in [0.25, 0.3) is 0 Å². The Balaban J connectivity index is 4.38. The van der Waals surface area contributed by atoms with Crippen molar-refractivity contribution >= 4 is 0 Å². The Morgan fingerprint density at radius 2 is 0.449 bits per heavy atom. The quantitative estimate of drug-likeness (QED) is 0.0384. The largest absolute Gasteiger partial charge is 0.396 e. The van der Waals surface area contributed by atoms with E-state index in [1.54, 1.807) is 6.92 Å². The van der Waals surface area contributed by atoms with E-state index >= 15 is 0 Å². The van der Waals surface area contributed by atoms with E-state index in [0.29, 0.717) is 6.61 Å². The molecule has 0 aromatic rings. The summed E-state index contributed by atoms with van der Waals surface area (Å²) in [6, 6.07) is 0. The first kappa shape index (κ1) is 68.2. The normalized spacial score (nSPS) is 16.5. The molecule has 20 nitrogen and oxygen atoms in total. The topological polar surface area (TPSA) is 295 Å². The van der Waals surface area contributed by atoms with Crippen molar-refractivity contribution in [3.05, 3.63) is 0 Å². The van der Waals surface area contributed by atoms with Crippen LogP contribution in [0.5, 0.6) is 0 Å². The highest BCUT2D eigenvalue weighted by Gasteiger charge is 2.22. The van der Waals surface area contributed by atoms with Crippen LogP contribution in [-0.4, -0.2) is 245 Å². The van der Waals surface area contributed by atoms with E-state index in [1.165, 1.54) is 89.9 Å². The molecule has 0 spiro atoms. The zero-order valence-electron chi connectivity index (χ0n) is 42.5. The minimum Gasteiger partial charge on any atom is -0.396 e. The maximum absolute atomic E-state index is 9.89. The highest BCUT2D eigenvalue weighted by molar-refractivity contribution is 4.68. The molecule has 416 valence electrons. The SMILES string of the molecule is CCCCCCCCCCCCCCCCCCOCC(CO)OCC(CO)OCC(CO)OCC(CO)OCC(CO)OCC(CO)OCC(CO)OCC(CO)OCC(CO)OCC(C)CO. The van der Waals surface area contributed by atoms with E-state index in [2.05, 4.69) is 6.92 Å². The van der Waals surface area contributed by atoms with Crippen LogP contribution in [0.15, 0.2) is 0 Å². The average Bonchev–Trinajstić information content (AvgIpc) is 3.38. The van der Waals surface area contributed by atoms with Gasteiger partial charge >= 0.3 is 0 Å². The zero-order valence-corrected chi connectivity index (χ0v) is 42.5. The molecular weight excluding hydrogens is 909 g/mol. The van der Waals surface area contributed by atoms with E-state index in [9.17, 15) is 46.0 Å². The molecule has 69 heavy (non-hydrogen) atoms. The molecule has 0 aliphatic rings. The van der Waals surface area contributed by atoms with Gasteiger partial charge in [0.1, 0.15) is 54.9 Å². The van der Waals surface area contributed by atoms with Gasteiger partial charge in [-0.1, -0.05) is 110 Å². The smallest absolute Gasteiger partial charge is 0.104 e. The lowest BCUT2D eigenvalue weighted by molar-refractivity contribution is -0.148. The molecule has 10 atom stereocenters. The molecule has 0 aromatic carbocycles. The molecule has 0 rings (SSSR count). The van der Waals surface area contributed by atoms with Gasteiger partial charge in [-0.25, -0.2) is 0 Å². The third-order valence-electron chi connectivity index (χ3n) is 11.3. The summed E-state index contributed by atoms with van der Waals surface area (Å²) in [5.41, 5.74) is 0. The van der Waals surface area contributed by atoms with Crippen LogP contribution in [0.4, 0.5) is 0 Å². The minimum atomic E-state index is -0.878. The molecule has 0 saturated carbocycles. The summed E-state index contributed by atoms with van der Waals surface area (Å²) in [6.45, 7) is 0.378. The first-order chi connectivity index (χ1) is 33.7. The van der Waals surface area contributed by atoms with Crippen molar-refractivity contribution in [2.75, 3.05) is 139 Å². The molecule has 0 amide bonds. The molecule has 20 heteroatoms. The molecular formula is C49H100O20. The van der Waals surface area contributed by atoms with Gasteiger partial charge in [0.2, 0.25) is 0 Å². The van der Waals surface area contributed by atoms with E-state index in [-0.39, 0.29) is 98.4 Å². The molecule has 0 aromatic heterocycles. The highest BCUT2D eigenvalue weighted by Crippen LogP contribution is 2.14. The lowest BCUT2D eigenvalue weighted by Crippen LogP contribution is -2.38. The molecule has 10 unspecified atom stereocenters. The summed E-state index contributed by atoms with van der Waals surface area (Å²) in [6.07, 6.45) is 13.6. The second-order valence-corrected chi connectivity index (χ2v) is 17.9. The maximum atomic E-state index is 9.89. The van der Waals surface area contributed by atoms with Gasteiger partial charge < -0.3 is 98.4 Å². The molecule has 10 N–H and O–H groups in total. The van der Waals surface area contributed by atoms with Crippen molar-refractivity contribution in [1.82, 2.24) is 0 Å². The fourth-order valence-electron chi connectivity index (χ4n) is 6.65. The minimum absolute atomic E-state index is 0.0248. The van der Waals surface area contributed by atoms with Gasteiger partial charge in [-0.05, 0) is 6.42 Å². The van der Waals surface area contributed by atoms with Crippen LogP contribution in [0.2, 0.25) is 0 Å². The second-order valence-electron chi connectivity index (χ2n) is 17.9. The molecule has 0 bridgehead atoms. The molecule has 0 aliphatic carbocycles. The van der Waals surface area contributed by atoms with Crippen molar-refractivity contribution in [1.29, 1.82) is 0 Å². The van der Waals surface area contributed by atoms with Gasteiger partial charge in [-0.3, -0.25) is 0 Å². The Kier molecular flexibility index (Phi) is 50.1. The van der Waals surface area contributed by atoms with Gasteiger partial charge in [-0.2, -0.15) is 0 Å². The third kappa shape index (κ3) is 40.3.